The summed E-state index contributed by atoms with van der Waals surface area (Å²) in [4.78, 5) is 10.2. The topological polar surface area (TPSA) is 37.7 Å². The summed E-state index contributed by atoms with van der Waals surface area (Å²) in [5, 5.41) is 0. The van der Waals surface area contributed by atoms with Crippen molar-refractivity contribution in [2.45, 2.75) is 31.4 Å². The molecule has 0 spiro atoms. The van der Waals surface area contributed by atoms with E-state index >= 15 is 0 Å². The number of allylic oxidation sites excluding steroid dienone is 1. The molecule has 2 heterocycles. The van der Waals surface area contributed by atoms with Crippen LogP contribution in [0.4, 0.5) is 17.6 Å². The van der Waals surface area contributed by atoms with Crippen LogP contribution in [0.2, 0.25) is 0 Å². The first-order chi connectivity index (χ1) is 14.3. The number of ether oxygens (including phenoxy) is 1. The van der Waals surface area contributed by atoms with Crippen molar-refractivity contribution in [1.29, 1.82) is 0 Å². The quantitative estimate of drug-likeness (QED) is 0.297. The largest absolute Gasteiger partial charge is 0.438 e. The molecule has 1 aromatic heterocycles. The first-order valence-electron chi connectivity index (χ1n) is 9.31. The molecule has 0 N–H and O–H groups in total. The number of hydrogen-bond donors (Lipinski definition) is 0. The third kappa shape index (κ3) is 3.16. The van der Waals surface area contributed by atoms with Gasteiger partial charge in [-0.3, -0.25) is 9.98 Å². The van der Waals surface area contributed by atoms with Gasteiger partial charge in [0.25, 0.3) is 6.43 Å². The normalized spacial score (nSPS) is 17.3. The van der Waals surface area contributed by atoms with Gasteiger partial charge in [-0.25, -0.2) is 17.6 Å². The van der Waals surface area contributed by atoms with Gasteiger partial charge in [0.2, 0.25) is 5.90 Å². The zero-order valence-electron chi connectivity index (χ0n) is 16.3. The van der Waals surface area contributed by atoms with Crippen LogP contribution in [0, 0.1) is 11.6 Å². The molecule has 1 aliphatic heterocycles. The molecule has 0 atom stereocenters. The van der Waals surface area contributed by atoms with Crippen LogP contribution in [0.25, 0.3) is 5.70 Å². The monoisotopic (exact) mass is 417 g/mol. The Bertz CT molecular complexity index is 1060. The highest BCUT2D eigenvalue weighted by Crippen LogP contribution is 2.57. The van der Waals surface area contributed by atoms with E-state index in [1.807, 2.05) is 4.90 Å². The number of nitrogens with zero attached hydrogens (tertiary/aromatic N) is 3. The van der Waals surface area contributed by atoms with E-state index in [-0.39, 0.29) is 11.5 Å². The van der Waals surface area contributed by atoms with Crippen molar-refractivity contribution in [2.24, 2.45) is 4.99 Å². The fourth-order valence-corrected chi connectivity index (χ4v) is 3.90. The van der Waals surface area contributed by atoms with Gasteiger partial charge in [-0.2, -0.15) is 0 Å². The SMILES string of the molecule is C=C(O/C(=N\C)c1cnc2c(c1)C(=C)N(C1(c3c(F)cccc3F)CC1)C2)C(F)F. The zero-order chi connectivity index (χ0) is 21.6. The number of aromatic nitrogens is 1. The smallest absolute Gasteiger partial charge is 0.294 e. The van der Waals surface area contributed by atoms with E-state index in [9.17, 15) is 17.6 Å². The van der Waals surface area contributed by atoms with Crippen molar-refractivity contribution in [2.75, 3.05) is 7.05 Å². The summed E-state index contributed by atoms with van der Waals surface area (Å²) >= 11 is 0. The second-order valence-corrected chi connectivity index (χ2v) is 7.28. The average Bonchev–Trinajstić information content (AvgIpc) is 3.43. The summed E-state index contributed by atoms with van der Waals surface area (Å²) in [6.07, 6.45) is -0.215. The number of pyridine rings is 1. The second-order valence-electron chi connectivity index (χ2n) is 7.28. The van der Waals surface area contributed by atoms with Crippen molar-refractivity contribution in [3.05, 3.63) is 83.4 Å². The number of fused-ring (bicyclic) bond motifs is 1. The van der Waals surface area contributed by atoms with E-state index < -0.39 is 29.4 Å². The summed E-state index contributed by atoms with van der Waals surface area (Å²) < 4.78 is 59.6. The van der Waals surface area contributed by atoms with Gasteiger partial charge in [-0.15, -0.1) is 0 Å². The van der Waals surface area contributed by atoms with E-state index in [0.717, 1.165) is 0 Å². The molecule has 0 saturated heterocycles. The van der Waals surface area contributed by atoms with E-state index in [1.54, 1.807) is 6.07 Å². The predicted octanol–water partition coefficient (Wildman–Crippen LogP) is 5.01. The highest BCUT2D eigenvalue weighted by Gasteiger charge is 2.54. The molecule has 4 rings (SSSR count). The molecule has 1 aliphatic carbocycles. The second kappa shape index (κ2) is 7.27. The van der Waals surface area contributed by atoms with Gasteiger partial charge in [0.05, 0.1) is 23.3 Å². The van der Waals surface area contributed by atoms with Gasteiger partial charge in [0.1, 0.15) is 11.6 Å². The highest BCUT2D eigenvalue weighted by atomic mass is 19.3. The minimum atomic E-state index is -2.85. The number of rotatable bonds is 5. The molecule has 0 unspecified atom stereocenters. The van der Waals surface area contributed by atoms with Crippen LogP contribution >= 0.6 is 0 Å². The van der Waals surface area contributed by atoms with E-state index in [1.165, 1.54) is 31.4 Å². The lowest BCUT2D eigenvalue weighted by Crippen LogP contribution is -2.31. The van der Waals surface area contributed by atoms with Crippen LogP contribution in [0.3, 0.4) is 0 Å². The predicted molar refractivity (Wildman–Crippen MR) is 105 cm³/mol. The standard InChI is InChI=1S/C22H19F4N3O/c1-12-15-9-14(21(27-3)30-13(2)20(25)26)10-28-18(15)11-29(12)22(7-8-22)19-16(23)5-4-6-17(19)24/h4-6,9-10,20H,1-2,7-8,11H2,3H3/b27-21-. The number of benzene rings is 1. The molecule has 8 heteroatoms. The summed E-state index contributed by atoms with van der Waals surface area (Å²) in [5.41, 5.74) is 1.49. The Balaban J connectivity index is 1.66. The van der Waals surface area contributed by atoms with Gasteiger partial charge >= 0.3 is 0 Å². The van der Waals surface area contributed by atoms with E-state index in [2.05, 4.69) is 23.1 Å². The maximum atomic E-state index is 14.5. The molecule has 0 bridgehead atoms. The Morgan fingerprint density at radius 3 is 2.50 bits per heavy atom. The molecule has 0 radical (unpaired) electrons. The van der Waals surface area contributed by atoms with Crippen molar-refractivity contribution < 1.29 is 22.3 Å². The van der Waals surface area contributed by atoms with Crippen LogP contribution in [0.15, 0.2) is 54.4 Å². The molecule has 1 aromatic carbocycles. The highest BCUT2D eigenvalue weighted by molar-refractivity contribution is 5.95. The average molecular weight is 417 g/mol. The number of hydrogen-bond acceptors (Lipinski definition) is 4. The van der Waals surface area contributed by atoms with Crippen molar-refractivity contribution >= 4 is 11.6 Å². The lowest BCUT2D eigenvalue weighted by atomic mass is 10.0. The van der Waals surface area contributed by atoms with Crippen molar-refractivity contribution in [1.82, 2.24) is 9.88 Å². The Hall–Kier alpha value is -3.16. The van der Waals surface area contributed by atoms with Gasteiger partial charge in [0, 0.05) is 30.1 Å². The lowest BCUT2D eigenvalue weighted by Gasteiger charge is -2.31. The maximum Gasteiger partial charge on any atom is 0.294 e. The van der Waals surface area contributed by atoms with Crippen LogP contribution in [0.1, 0.15) is 35.2 Å². The van der Waals surface area contributed by atoms with Gasteiger partial charge in [-0.05, 0) is 31.0 Å². The van der Waals surface area contributed by atoms with Gasteiger partial charge < -0.3 is 9.64 Å². The summed E-state index contributed by atoms with van der Waals surface area (Å²) in [5.74, 6) is -1.96. The fourth-order valence-electron chi connectivity index (χ4n) is 3.90. The zero-order valence-corrected chi connectivity index (χ0v) is 16.3. The van der Waals surface area contributed by atoms with Gasteiger partial charge in [-0.1, -0.05) is 19.2 Å². The molecular formula is C22H19F4N3O. The Morgan fingerprint density at radius 2 is 1.93 bits per heavy atom. The lowest BCUT2D eigenvalue weighted by molar-refractivity contribution is 0.134. The van der Waals surface area contributed by atoms with E-state index in [4.69, 9.17) is 4.74 Å². The maximum absolute atomic E-state index is 14.5. The van der Waals surface area contributed by atoms with Crippen LogP contribution in [-0.2, 0) is 16.8 Å². The molecule has 1 fully saturated rings. The summed E-state index contributed by atoms with van der Waals surface area (Å²) in [6.45, 7) is 7.63. The first-order valence-corrected chi connectivity index (χ1v) is 9.31. The van der Waals surface area contributed by atoms with Crippen molar-refractivity contribution in [3.63, 3.8) is 0 Å². The molecule has 4 nitrogen and oxygen atoms in total. The molecule has 30 heavy (non-hydrogen) atoms. The van der Waals surface area contributed by atoms with Crippen LogP contribution < -0.4 is 0 Å². The van der Waals surface area contributed by atoms with Crippen LogP contribution in [0.5, 0.6) is 0 Å². The molecule has 2 aliphatic rings. The first kappa shape index (κ1) is 20.1. The number of aliphatic imine (C=N–C) groups is 1. The van der Waals surface area contributed by atoms with Gasteiger partial charge in [0.15, 0.2) is 5.76 Å². The third-order valence-corrected chi connectivity index (χ3v) is 5.50. The summed E-state index contributed by atoms with van der Waals surface area (Å²) in [7, 11) is 1.41. The van der Waals surface area contributed by atoms with Crippen molar-refractivity contribution in [3.8, 4) is 0 Å². The molecular weight excluding hydrogens is 398 g/mol. The Morgan fingerprint density at radius 1 is 1.27 bits per heavy atom. The Labute approximate surface area is 171 Å². The van der Waals surface area contributed by atoms with E-state index in [0.29, 0.717) is 41.9 Å². The minimum absolute atomic E-state index is 0.0338. The third-order valence-electron chi connectivity index (χ3n) is 5.50. The molecule has 1 saturated carbocycles. The molecule has 0 amide bonds. The fraction of sp³-hybridized carbons (Fsp3) is 0.273. The molecule has 156 valence electrons. The number of halogens is 4. The molecule has 2 aromatic rings. The Kier molecular flexibility index (Phi) is 4.88. The minimum Gasteiger partial charge on any atom is -0.438 e. The number of alkyl halides is 2. The summed E-state index contributed by atoms with van der Waals surface area (Å²) in [6, 6.07) is 5.51. The van der Waals surface area contributed by atoms with Crippen LogP contribution in [-0.4, -0.2) is 29.3 Å².